The lowest BCUT2D eigenvalue weighted by molar-refractivity contribution is 0.0951. The summed E-state index contributed by atoms with van der Waals surface area (Å²) in [5.74, 6) is 0.516. The molecule has 0 aliphatic carbocycles. The van der Waals surface area contributed by atoms with E-state index in [1.165, 1.54) is 30.1 Å². The van der Waals surface area contributed by atoms with E-state index in [-0.39, 0.29) is 11.5 Å². The molecule has 0 radical (unpaired) electrons. The summed E-state index contributed by atoms with van der Waals surface area (Å²) in [5, 5.41) is 12.0. The van der Waals surface area contributed by atoms with E-state index in [9.17, 15) is 9.59 Å². The molecule has 27 heavy (non-hydrogen) atoms. The molecular formula is C17H21N7O2S. The highest BCUT2D eigenvalue weighted by molar-refractivity contribution is 7.98. The second kappa shape index (κ2) is 8.67. The standard InChI is InChI=1S/C17H21N7O2S/c1-3-6-18-14-12-10-21-24(15(12)23-17(22-14)27-2)8-7-19-16(26)11-4-5-13(25)20-9-11/h4-5,9-10H,3,6-8H2,1-2H3,(H,19,26)(H,20,25)(H,18,22,23). The van der Waals surface area contributed by atoms with E-state index in [1.807, 2.05) is 6.26 Å². The lowest BCUT2D eigenvalue weighted by Gasteiger charge is -2.09. The number of aromatic amines is 1. The molecule has 10 heteroatoms. The van der Waals surface area contributed by atoms with E-state index >= 15 is 0 Å². The number of carbonyl (C=O) groups is 1. The largest absolute Gasteiger partial charge is 0.369 e. The Morgan fingerprint density at radius 2 is 2.15 bits per heavy atom. The maximum absolute atomic E-state index is 12.1. The first-order valence-corrected chi connectivity index (χ1v) is 9.83. The third kappa shape index (κ3) is 4.45. The number of hydrogen-bond donors (Lipinski definition) is 3. The van der Waals surface area contributed by atoms with E-state index in [0.29, 0.717) is 23.8 Å². The molecule has 3 heterocycles. The molecule has 0 aliphatic heterocycles. The van der Waals surface area contributed by atoms with Crippen LogP contribution in [0.15, 0.2) is 34.5 Å². The molecule has 1 amide bonds. The lowest BCUT2D eigenvalue weighted by atomic mass is 10.3. The quantitative estimate of drug-likeness (QED) is 0.396. The summed E-state index contributed by atoms with van der Waals surface area (Å²) < 4.78 is 1.75. The molecule has 0 aliphatic rings. The molecule has 0 spiro atoms. The molecule has 0 saturated carbocycles. The van der Waals surface area contributed by atoms with Gasteiger partial charge in [-0.1, -0.05) is 18.7 Å². The number of nitrogens with zero attached hydrogens (tertiary/aromatic N) is 4. The molecule has 0 atom stereocenters. The molecule has 3 aromatic heterocycles. The van der Waals surface area contributed by atoms with Gasteiger partial charge in [0.25, 0.3) is 5.91 Å². The number of aromatic nitrogens is 5. The van der Waals surface area contributed by atoms with Gasteiger partial charge in [-0.25, -0.2) is 14.6 Å². The van der Waals surface area contributed by atoms with Gasteiger partial charge in [-0.2, -0.15) is 5.10 Å². The first kappa shape index (κ1) is 18.9. The van der Waals surface area contributed by atoms with Gasteiger partial charge in [0, 0.05) is 25.4 Å². The number of anilines is 1. The van der Waals surface area contributed by atoms with Crippen molar-refractivity contribution in [3.63, 3.8) is 0 Å². The van der Waals surface area contributed by atoms with Crippen molar-refractivity contribution in [2.45, 2.75) is 25.0 Å². The minimum atomic E-state index is -0.257. The zero-order valence-corrected chi connectivity index (χ0v) is 16.0. The minimum absolute atomic E-state index is 0.244. The SMILES string of the molecule is CCCNc1nc(SC)nc2c1cnn2CCNC(=O)c1ccc(=O)[nH]c1. The van der Waals surface area contributed by atoms with Crippen LogP contribution >= 0.6 is 11.8 Å². The Hall–Kier alpha value is -2.88. The predicted octanol–water partition coefficient (Wildman–Crippen LogP) is 1.49. The highest BCUT2D eigenvalue weighted by Crippen LogP contribution is 2.23. The average Bonchev–Trinajstić information content (AvgIpc) is 3.09. The van der Waals surface area contributed by atoms with Crippen molar-refractivity contribution >= 4 is 34.5 Å². The zero-order valence-electron chi connectivity index (χ0n) is 15.2. The van der Waals surface area contributed by atoms with Gasteiger partial charge in [0.15, 0.2) is 10.8 Å². The third-order valence-electron chi connectivity index (χ3n) is 3.86. The number of nitrogens with one attached hydrogen (secondary N) is 3. The van der Waals surface area contributed by atoms with Gasteiger partial charge in [-0.15, -0.1) is 0 Å². The first-order chi connectivity index (χ1) is 13.1. The highest BCUT2D eigenvalue weighted by Gasteiger charge is 2.13. The number of thioether (sulfide) groups is 1. The third-order valence-corrected chi connectivity index (χ3v) is 4.40. The fourth-order valence-corrected chi connectivity index (χ4v) is 2.86. The highest BCUT2D eigenvalue weighted by atomic mass is 32.2. The average molecular weight is 387 g/mol. The Morgan fingerprint density at radius 1 is 1.30 bits per heavy atom. The van der Waals surface area contributed by atoms with Crippen molar-refractivity contribution in [2.24, 2.45) is 0 Å². The topological polar surface area (TPSA) is 118 Å². The summed E-state index contributed by atoms with van der Waals surface area (Å²) in [6.45, 7) is 3.76. The van der Waals surface area contributed by atoms with E-state index in [4.69, 9.17) is 0 Å². The fourth-order valence-electron chi connectivity index (χ4n) is 2.50. The molecule has 3 rings (SSSR count). The number of amides is 1. The van der Waals surface area contributed by atoms with Crippen molar-refractivity contribution in [3.8, 4) is 0 Å². The summed E-state index contributed by atoms with van der Waals surface area (Å²) in [6.07, 6.45) is 6.05. The second-order valence-electron chi connectivity index (χ2n) is 5.79. The van der Waals surface area contributed by atoms with Crippen LogP contribution in [0, 0.1) is 0 Å². The summed E-state index contributed by atoms with van der Waals surface area (Å²) in [4.78, 5) is 34.7. The Kier molecular flexibility index (Phi) is 6.07. The second-order valence-corrected chi connectivity index (χ2v) is 6.56. The number of carbonyl (C=O) groups excluding carboxylic acids is 1. The molecular weight excluding hydrogens is 366 g/mol. The van der Waals surface area contributed by atoms with Gasteiger partial charge in [0.2, 0.25) is 5.56 Å². The molecule has 3 N–H and O–H groups in total. The fraction of sp³-hybridized carbons (Fsp3) is 0.353. The Bertz CT molecular complexity index is 978. The molecule has 0 bridgehead atoms. The van der Waals surface area contributed by atoms with Crippen molar-refractivity contribution in [2.75, 3.05) is 24.7 Å². The van der Waals surface area contributed by atoms with Crippen LogP contribution in [-0.2, 0) is 6.54 Å². The van der Waals surface area contributed by atoms with E-state index in [2.05, 4.69) is 37.6 Å². The number of fused-ring (bicyclic) bond motifs is 1. The maximum atomic E-state index is 12.1. The van der Waals surface area contributed by atoms with Crippen LogP contribution in [0.25, 0.3) is 11.0 Å². The lowest BCUT2D eigenvalue weighted by Crippen LogP contribution is -2.28. The van der Waals surface area contributed by atoms with Gasteiger partial charge in [0.05, 0.1) is 23.7 Å². The molecule has 0 saturated heterocycles. The van der Waals surface area contributed by atoms with E-state index in [1.54, 1.807) is 10.9 Å². The predicted molar refractivity (Wildman–Crippen MR) is 105 cm³/mol. The molecule has 0 unspecified atom stereocenters. The Labute approximate surface area is 160 Å². The van der Waals surface area contributed by atoms with Gasteiger partial charge in [-0.05, 0) is 18.7 Å². The zero-order chi connectivity index (χ0) is 19.2. The van der Waals surface area contributed by atoms with Crippen molar-refractivity contribution < 1.29 is 4.79 Å². The number of pyridine rings is 1. The number of H-pyrrole nitrogens is 1. The number of hydrogen-bond acceptors (Lipinski definition) is 7. The molecule has 9 nitrogen and oxygen atoms in total. The molecule has 0 fully saturated rings. The van der Waals surface area contributed by atoms with Crippen molar-refractivity contribution in [1.29, 1.82) is 0 Å². The Balaban J connectivity index is 1.72. The smallest absolute Gasteiger partial charge is 0.252 e. The van der Waals surface area contributed by atoms with Crippen LogP contribution < -0.4 is 16.2 Å². The monoisotopic (exact) mass is 387 g/mol. The van der Waals surface area contributed by atoms with Crippen LogP contribution in [0.4, 0.5) is 5.82 Å². The van der Waals surface area contributed by atoms with Gasteiger partial charge < -0.3 is 15.6 Å². The van der Waals surface area contributed by atoms with Crippen LogP contribution in [-0.4, -0.2) is 50.0 Å². The molecule has 3 aromatic rings. The first-order valence-electron chi connectivity index (χ1n) is 8.60. The van der Waals surface area contributed by atoms with Gasteiger partial charge in [-0.3, -0.25) is 9.59 Å². The minimum Gasteiger partial charge on any atom is -0.369 e. The Morgan fingerprint density at radius 3 is 2.85 bits per heavy atom. The maximum Gasteiger partial charge on any atom is 0.252 e. The summed E-state index contributed by atoms with van der Waals surface area (Å²) in [7, 11) is 0. The van der Waals surface area contributed by atoms with Gasteiger partial charge in [0.1, 0.15) is 5.82 Å². The molecule has 0 aromatic carbocycles. The normalized spacial score (nSPS) is 10.9. The van der Waals surface area contributed by atoms with Crippen LogP contribution in [0.5, 0.6) is 0 Å². The molecule has 142 valence electrons. The van der Waals surface area contributed by atoms with Gasteiger partial charge >= 0.3 is 0 Å². The van der Waals surface area contributed by atoms with Crippen LogP contribution in [0.1, 0.15) is 23.7 Å². The van der Waals surface area contributed by atoms with Crippen LogP contribution in [0.2, 0.25) is 0 Å². The summed E-state index contributed by atoms with van der Waals surface area (Å²) in [5.41, 5.74) is 0.885. The summed E-state index contributed by atoms with van der Waals surface area (Å²) >= 11 is 1.47. The van der Waals surface area contributed by atoms with Crippen LogP contribution in [0.3, 0.4) is 0 Å². The van der Waals surface area contributed by atoms with E-state index in [0.717, 1.165) is 29.8 Å². The van der Waals surface area contributed by atoms with Crippen molar-refractivity contribution in [1.82, 2.24) is 30.0 Å². The number of rotatable bonds is 8. The summed E-state index contributed by atoms with van der Waals surface area (Å²) in [6, 6.07) is 2.81. The van der Waals surface area contributed by atoms with Crippen molar-refractivity contribution in [3.05, 3.63) is 40.4 Å². The van der Waals surface area contributed by atoms with E-state index < -0.39 is 0 Å².